The van der Waals surface area contributed by atoms with Gasteiger partial charge in [-0.3, -0.25) is 4.68 Å². The molecule has 2 N–H and O–H groups in total. The van der Waals surface area contributed by atoms with Crippen LogP contribution in [0.1, 0.15) is 12.0 Å². The van der Waals surface area contributed by atoms with Gasteiger partial charge in [-0.1, -0.05) is 0 Å². The van der Waals surface area contributed by atoms with E-state index in [1.165, 1.54) is 0 Å². The zero-order valence-corrected chi connectivity index (χ0v) is 11.1. The first-order valence-corrected chi connectivity index (χ1v) is 6.62. The smallest absolute Gasteiger partial charge is 0.231 e. The second kappa shape index (κ2) is 5.83. The molecule has 1 aliphatic heterocycles. The highest BCUT2D eigenvalue weighted by molar-refractivity contribution is 5.51. The molecule has 0 saturated heterocycles. The minimum absolute atomic E-state index is 0.218. The largest absolute Gasteiger partial charge is 0.507 e. The Hall–Kier alpha value is -2.21. The summed E-state index contributed by atoms with van der Waals surface area (Å²) < 4.78 is 12.4. The lowest BCUT2D eigenvalue weighted by molar-refractivity contribution is 0.174. The summed E-state index contributed by atoms with van der Waals surface area (Å²) in [5, 5.41) is 17.3. The maximum Gasteiger partial charge on any atom is 0.231 e. The fourth-order valence-electron chi connectivity index (χ4n) is 2.14. The average Bonchev–Trinajstić information content (AvgIpc) is 3.09. The van der Waals surface area contributed by atoms with Crippen LogP contribution in [0.2, 0.25) is 0 Å². The molecule has 0 unspecified atom stereocenters. The predicted octanol–water partition coefficient (Wildman–Crippen LogP) is 1.50. The van der Waals surface area contributed by atoms with Gasteiger partial charge in [-0.15, -0.1) is 0 Å². The van der Waals surface area contributed by atoms with Crippen LogP contribution in [-0.2, 0) is 13.1 Å². The SMILES string of the molecule is Oc1cc2c(cc1CNCCCn1cccn1)OCO2. The van der Waals surface area contributed by atoms with Gasteiger partial charge in [-0.2, -0.15) is 5.10 Å². The summed E-state index contributed by atoms with van der Waals surface area (Å²) >= 11 is 0. The Balaban J connectivity index is 1.46. The van der Waals surface area contributed by atoms with Crippen molar-refractivity contribution in [1.29, 1.82) is 0 Å². The molecule has 0 saturated carbocycles. The van der Waals surface area contributed by atoms with Crippen LogP contribution in [0.4, 0.5) is 0 Å². The third-order valence-electron chi connectivity index (χ3n) is 3.19. The molecule has 2 aromatic rings. The summed E-state index contributed by atoms with van der Waals surface area (Å²) in [6, 6.07) is 5.33. The normalized spacial score (nSPS) is 12.8. The van der Waals surface area contributed by atoms with Crippen molar-refractivity contribution in [1.82, 2.24) is 15.1 Å². The van der Waals surface area contributed by atoms with Crippen molar-refractivity contribution in [2.75, 3.05) is 13.3 Å². The molecule has 0 radical (unpaired) electrons. The van der Waals surface area contributed by atoms with Gasteiger partial charge in [0.25, 0.3) is 0 Å². The van der Waals surface area contributed by atoms with Gasteiger partial charge < -0.3 is 19.9 Å². The summed E-state index contributed by atoms with van der Waals surface area (Å²) in [6.45, 7) is 2.55. The summed E-state index contributed by atoms with van der Waals surface area (Å²) in [5.74, 6) is 1.52. The maximum atomic E-state index is 9.89. The Morgan fingerprint density at radius 1 is 1.30 bits per heavy atom. The molecule has 0 bridgehead atoms. The van der Waals surface area contributed by atoms with Crippen molar-refractivity contribution in [2.45, 2.75) is 19.5 Å². The van der Waals surface area contributed by atoms with E-state index in [1.54, 1.807) is 12.3 Å². The summed E-state index contributed by atoms with van der Waals surface area (Å²) in [5.41, 5.74) is 0.813. The number of benzene rings is 1. The van der Waals surface area contributed by atoms with E-state index in [4.69, 9.17) is 9.47 Å². The average molecular weight is 275 g/mol. The fraction of sp³-hybridized carbons (Fsp3) is 0.357. The Labute approximate surface area is 116 Å². The van der Waals surface area contributed by atoms with Gasteiger partial charge in [0.2, 0.25) is 6.79 Å². The van der Waals surface area contributed by atoms with Crippen LogP contribution in [-0.4, -0.2) is 28.2 Å². The van der Waals surface area contributed by atoms with Crippen molar-refractivity contribution >= 4 is 0 Å². The molecule has 6 heteroatoms. The Morgan fingerprint density at radius 2 is 2.15 bits per heavy atom. The first-order chi connectivity index (χ1) is 9.83. The van der Waals surface area contributed by atoms with Crippen LogP contribution in [0.15, 0.2) is 30.6 Å². The first-order valence-electron chi connectivity index (χ1n) is 6.62. The van der Waals surface area contributed by atoms with Crippen molar-refractivity contribution < 1.29 is 14.6 Å². The van der Waals surface area contributed by atoms with E-state index in [1.807, 2.05) is 23.0 Å². The van der Waals surface area contributed by atoms with E-state index in [-0.39, 0.29) is 12.5 Å². The lowest BCUT2D eigenvalue weighted by Crippen LogP contribution is -2.16. The number of nitrogens with one attached hydrogen (secondary N) is 1. The molecule has 0 aliphatic carbocycles. The molecule has 0 atom stereocenters. The van der Waals surface area contributed by atoms with Crippen molar-refractivity contribution in [3.63, 3.8) is 0 Å². The number of nitrogens with zero attached hydrogens (tertiary/aromatic N) is 2. The van der Waals surface area contributed by atoms with Gasteiger partial charge in [0.1, 0.15) is 5.75 Å². The lowest BCUT2D eigenvalue weighted by atomic mass is 10.1. The summed E-state index contributed by atoms with van der Waals surface area (Å²) in [7, 11) is 0. The predicted molar refractivity (Wildman–Crippen MR) is 72.8 cm³/mol. The van der Waals surface area contributed by atoms with Crippen LogP contribution >= 0.6 is 0 Å². The number of aromatic nitrogens is 2. The number of aromatic hydroxyl groups is 1. The number of ether oxygens (including phenoxy) is 2. The van der Waals surface area contributed by atoms with E-state index in [9.17, 15) is 5.11 Å². The molecule has 6 nitrogen and oxygen atoms in total. The molecule has 3 rings (SSSR count). The van der Waals surface area contributed by atoms with Crippen LogP contribution in [0.5, 0.6) is 17.2 Å². The molecule has 0 amide bonds. The number of phenols is 1. The zero-order valence-electron chi connectivity index (χ0n) is 11.1. The minimum atomic E-state index is 0.218. The zero-order chi connectivity index (χ0) is 13.8. The van der Waals surface area contributed by atoms with Gasteiger partial charge in [-0.25, -0.2) is 0 Å². The third-order valence-corrected chi connectivity index (χ3v) is 3.19. The highest BCUT2D eigenvalue weighted by Gasteiger charge is 2.16. The highest BCUT2D eigenvalue weighted by atomic mass is 16.7. The number of rotatable bonds is 6. The van der Waals surface area contributed by atoms with Crippen LogP contribution in [0, 0.1) is 0 Å². The Bertz CT molecular complexity index is 569. The molecule has 2 heterocycles. The second-order valence-electron chi connectivity index (χ2n) is 4.63. The molecule has 1 aromatic carbocycles. The highest BCUT2D eigenvalue weighted by Crippen LogP contribution is 2.37. The van der Waals surface area contributed by atoms with Gasteiger partial charge >= 0.3 is 0 Å². The number of hydrogen-bond donors (Lipinski definition) is 2. The Kier molecular flexibility index (Phi) is 3.73. The van der Waals surface area contributed by atoms with Crippen molar-refractivity contribution in [2.24, 2.45) is 0 Å². The van der Waals surface area contributed by atoms with Gasteiger partial charge in [-0.05, 0) is 25.1 Å². The lowest BCUT2D eigenvalue weighted by Gasteiger charge is -2.08. The van der Waals surface area contributed by atoms with Gasteiger partial charge in [0.05, 0.1) is 0 Å². The van der Waals surface area contributed by atoms with Gasteiger partial charge in [0, 0.05) is 37.1 Å². The minimum Gasteiger partial charge on any atom is -0.507 e. The van der Waals surface area contributed by atoms with Crippen LogP contribution in [0.3, 0.4) is 0 Å². The number of aryl methyl sites for hydroxylation is 1. The van der Waals surface area contributed by atoms with Crippen molar-refractivity contribution in [3.05, 3.63) is 36.2 Å². The third kappa shape index (κ3) is 2.85. The van der Waals surface area contributed by atoms with Crippen LogP contribution < -0.4 is 14.8 Å². The van der Waals surface area contributed by atoms with Gasteiger partial charge in [0.15, 0.2) is 11.5 Å². The van der Waals surface area contributed by atoms with E-state index in [0.29, 0.717) is 18.0 Å². The molecule has 0 fully saturated rings. The quantitative estimate of drug-likeness (QED) is 0.782. The molecular weight excluding hydrogens is 258 g/mol. The summed E-state index contributed by atoms with van der Waals surface area (Å²) in [6.07, 6.45) is 4.70. The van der Waals surface area contributed by atoms with Crippen molar-refractivity contribution in [3.8, 4) is 17.2 Å². The number of hydrogen-bond acceptors (Lipinski definition) is 5. The molecule has 106 valence electrons. The van der Waals surface area contributed by atoms with E-state index in [2.05, 4.69) is 10.4 Å². The molecule has 0 spiro atoms. The van der Waals surface area contributed by atoms with E-state index >= 15 is 0 Å². The summed E-state index contributed by atoms with van der Waals surface area (Å²) in [4.78, 5) is 0. The Morgan fingerprint density at radius 3 is 2.95 bits per heavy atom. The standard InChI is InChI=1S/C14H17N3O3/c18-12-8-14-13(19-10-20-14)7-11(12)9-15-3-1-5-17-6-2-4-16-17/h2,4,6-8,15,18H,1,3,5,9-10H2. The van der Waals surface area contributed by atoms with E-state index in [0.717, 1.165) is 25.1 Å². The maximum absolute atomic E-state index is 9.89. The van der Waals surface area contributed by atoms with Crippen LogP contribution in [0.25, 0.3) is 0 Å². The number of phenolic OH excluding ortho intramolecular Hbond substituents is 1. The first kappa shape index (κ1) is 12.8. The number of fused-ring (bicyclic) bond motifs is 1. The molecular formula is C14H17N3O3. The second-order valence-corrected chi connectivity index (χ2v) is 4.63. The monoisotopic (exact) mass is 275 g/mol. The molecule has 1 aromatic heterocycles. The topological polar surface area (TPSA) is 68.5 Å². The fourth-order valence-corrected chi connectivity index (χ4v) is 2.14. The molecule has 20 heavy (non-hydrogen) atoms. The van der Waals surface area contributed by atoms with E-state index < -0.39 is 0 Å². The molecule has 1 aliphatic rings.